The van der Waals surface area contributed by atoms with Crippen molar-refractivity contribution in [1.82, 2.24) is 0 Å². The number of rotatable bonds is 0. The molecule has 0 amide bonds. The van der Waals surface area contributed by atoms with E-state index in [0.717, 1.165) is 6.42 Å². The quantitative estimate of drug-likeness (QED) is 0.558. The second kappa shape index (κ2) is 3.34. The van der Waals surface area contributed by atoms with E-state index in [-0.39, 0.29) is 10.7 Å². The molecule has 10 heavy (non-hydrogen) atoms. The first-order chi connectivity index (χ1) is 4.74. The Morgan fingerprint density at radius 1 is 1.50 bits per heavy atom. The molecule has 0 heterocycles. The maximum absolute atomic E-state index is 12.8. The number of alkyl halides is 2. The van der Waals surface area contributed by atoms with Gasteiger partial charge in [0.25, 0.3) is 0 Å². The highest BCUT2D eigenvalue weighted by molar-refractivity contribution is 9.09. The topological polar surface area (TPSA) is 23.8 Å². The number of hydrogen-bond donors (Lipinski definition) is 0. The normalized spacial score (nSPS) is 40.7. The lowest BCUT2D eigenvalue weighted by Crippen LogP contribution is -2.24. The van der Waals surface area contributed by atoms with Crippen LogP contribution in [-0.2, 0) is 0 Å². The molecule has 1 nitrogen and oxygen atoms in total. The van der Waals surface area contributed by atoms with Gasteiger partial charge in [-0.25, -0.2) is 4.39 Å². The molecular weight excluding hydrogens is 197 g/mol. The number of hydrogen-bond acceptors (Lipinski definition) is 1. The van der Waals surface area contributed by atoms with Gasteiger partial charge in [0.05, 0.1) is 12.0 Å². The van der Waals surface area contributed by atoms with Crippen LogP contribution in [0.25, 0.3) is 0 Å². The Balaban J connectivity index is 2.45. The molecule has 3 atom stereocenters. The zero-order chi connectivity index (χ0) is 7.56. The largest absolute Gasteiger partial charge is 0.246 e. The minimum atomic E-state index is -0.914. The van der Waals surface area contributed by atoms with Crippen LogP contribution in [0, 0.1) is 17.2 Å². The summed E-state index contributed by atoms with van der Waals surface area (Å²) in [5.41, 5.74) is 0. The fourth-order valence-electron chi connectivity index (χ4n) is 1.21. The van der Waals surface area contributed by atoms with E-state index >= 15 is 0 Å². The summed E-state index contributed by atoms with van der Waals surface area (Å²) in [5, 5.41) is 8.44. The minimum absolute atomic E-state index is 0.284. The predicted octanol–water partition coefficient (Wildman–Crippen LogP) is 2.41. The molecule has 3 heteroatoms. The summed E-state index contributed by atoms with van der Waals surface area (Å²) in [4.78, 5) is 0.284. The van der Waals surface area contributed by atoms with E-state index in [9.17, 15) is 4.39 Å². The molecule has 0 N–H and O–H groups in total. The van der Waals surface area contributed by atoms with Crippen molar-refractivity contribution in [3.8, 4) is 6.07 Å². The fraction of sp³-hybridized carbons (Fsp3) is 0.857. The summed E-state index contributed by atoms with van der Waals surface area (Å²) in [6.07, 6.45) is 1.22. The van der Waals surface area contributed by atoms with Crippen molar-refractivity contribution in [2.75, 3.05) is 0 Å². The Morgan fingerprint density at radius 2 is 2.20 bits per heavy atom. The monoisotopic (exact) mass is 205 g/mol. The van der Waals surface area contributed by atoms with Crippen molar-refractivity contribution in [1.29, 1.82) is 5.26 Å². The summed E-state index contributed by atoms with van der Waals surface area (Å²) < 4.78 is 12.8. The van der Waals surface area contributed by atoms with Crippen molar-refractivity contribution < 1.29 is 4.39 Å². The SMILES string of the molecule is N#CC1CCC(Br)CC1F. The Bertz CT molecular complexity index is 154. The van der Waals surface area contributed by atoms with Crippen LogP contribution in [-0.4, -0.2) is 11.0 Å². The van der Waals surface area contributed by atoms with E-state index in [1.807, 2.05) is 6.07 Å². The zero-order valence-corrected chi connectivity index (χ0v) is 7.14. The molecule has 0 radical (unpaired) electrons. The van der Waals surface area contributed by atoms with Gasteiger partial charge < -0.3 is 0 Å². The molecule has 0 aromatic rings. The maximum atomic E-state index is 12.8. The Labute approximate surface area is 68.3 Å². The molecule has 0 aromatic carbocycles. The number of halogens is 2. The van der Waals surface area contributed by atoms with Gasteiger partial charge in [0.2, 0.25) is 0 Å². The molecule has 0 spiro atoms. The van der Waals surface area contributed by atoms with E-state index in [2.05, 4.69) is 15.9 Å². The first-order valence-electron chi connectivity index (χ1n) is 3.42. The van der Waals surface area contributed by atoms with Crippen molar-refractivity contribution in [2.24, 2.45) is 5.92 Å². The van der Waals surface area contributed by atoms with Crippen LogP contribution in [0.1, 0.15) is 19.3 Å². The van der Waals surface area contributed by atoms with Gasteiger partial charge in [0.15, 0.2) is 0 Å². The summed E-state index contributed by atoms with van der Waals surface area (Å²) in [5.74, 6) is -0.353. The second-order valence-corrected chi connectivity index (χ2v) is 3.96. The van der Waals surface area contributed by atoms with Gasteiger partial charge in [-0.2, -0.15) is 5.26 Å². The number of nitrogens with zero attached hydrogens (tertiary/aromatic N) is 1. The molecule has 0 saturated heterocycles. The van der Waals surface area contributed by atoms with Gasteiger partial charge in [-0.3, -0.25) is 0 Å². The smallest absolute Gasteiger partial charge is 0.117 e. The lowest BCUT2D eigenvalue weighted by molar-refractivity contribution is 0.209. The predicted molar refractivity (Wildman–Crippen MR) is 40.6 cm³/mol. The second-order valence-electron chi connectivity index (χ2n) is 2.66. The average molecular weight is 206 g/mol. The summed E-state index contributed by atoms with van der Waals surface area (Å²) in [7, 11) is 0. The van der Waals surface area contributed by atoms with Gasteiger partial charge >= 0.3 is 0 Å². The summed E-state index contributed by atoms with van der Waals surface area (Å²) in [6.45, 7) is 0. The van der Waals surface area contributed by atoms with Crippen LogP contribution in [0.2, 0.25) is 0 Å². The molecule has 0 bridgehead atoms. The van der Waals surface area contributed by atoms with Crippen LogP contribution < -0.4 is 0 Å². The van der Waals surface area contributed by atoms with E-state index in [4.69, 9.17) is 5.26 Å². The third kappa shape index (κ3) is 1.69. The first kappa shape index (κ1) is 8.00. The molecular formula is C7H9BrFN. The van der Waals surface area contributed by atoms with E-state index in [0.29, 0.717) is 12.8 Å². The molecule has 1 rings (SSSR count). The molecule has 1 fully saturated rings. The van der Waals surface area contributed by atoms with E-state index in [1.54, 1.807) is 0 Å². The highest BCUT2D eigenvalue weighted by Gasteiger charge is 2.28. The van der Waals surface area contributed by atoms with Gasteiger partial charge in [0, 0.05) is 4.83 Å². The fourth-order valence-corrected chi connectivity index (χ4v) is 1.83. The summed E-state index contributed by atoms with van der Waals surface area (Å²) in [6, 6.07) is 1.98. The zero-order valence-electron chi connectivity index (χ0n) is 5.56. The third-order valence-electron chi connectivity index (χ3n) is 1.87. The molecule has 3 unspecified atom stereocenters. The van der Waals surface area contributed by atoms with Crippen LogP contribution in [0.4, 0.5) is 4.39 Å². The average Bonchev–Trinajstić information content (AvgIpc) is 1.88. The Hall–Kier alpha value is -0.100. The van der Waals surface area contributed by atoms with Gasteiger partial charge in [0.1, 0.15) is 6.17 Å². The van der Waals surface area contributed by atoms with E-state index in [1.165, 1.54) is 0 Å². The third-order valence-corrected chi connectivity index (χ3v) is 2.71. The van der Waals surface area contributed by atoms with Crippen molar-refractivity contribution in [3.63, 3.8) is 0 Å². The Kier molecular flexibility index (Phi) is 2.67. The van der Waals surface area contributed by atoms with Crippen molar-refractivity contribution >= 4 is 15.9 Å². The van der Waals surface area contributed by atoms with Crippen molar-refractivity contribution in [3.05, 3.63) is 0 Å². The minimum Gasteiger partial charge on any atom is -0.246 e. The van der Waals surface area contributed by atoms with E-state index < -0.39 is 6.17 Å². The van der Waals surface area contributed by atoms with Crippen molar-refractivity contribution in [2.45, 2.75) is 30.3 Å². The van der Waals surface area contributed by atoms with Gasteiger partial charge in [-0.05, 0) is 19.3 Å². The molecule has 1 aliphatic carbocycles. The molecule has 0 aromatic heterocycles. The van der Waals surface area contributed by atoms with Gasteiger partial charge in [-0.1, -0.05) is 15.9 Å². The van der Waals surface area contributed by atoms with Crippen LogP contribution in [0.15, 0.2) is 0 Å². The maximum Gasteiger partial charge on any atom is 0.117 e. The Morgan fingerprint density at radius 3 is 2.70 bits per heavy atom. The highest BCUT2D eigenvalue weighted by atomic mass is 79.9. The summed E-state index contributed by atoms with van der Waals surface area (Å²) >= 11 is 3.34. The first-order valence-corrected chi connectivity index (χ1v) is 4.33. The molecule has 56 valence electrons. The van der Waals surface area contributed by atoms with Crippen LogP contribution in [0.5, 0.6) is 0 Å². The van der Waals surface area contributed by atoms with Crippen LogP contribution in [0.3, 0.4) is 0 Å². The molecule has 0 aliphatic heterocycles. The number of nitriles is 1. The van der Waals surface area contributed by atoms with Crippen LogP contribution >= 0.6 is 15.9 Å². The highest BCUT2D eigenvalue weighted by Crippen LogP contribution is 2.30. The lowest BCUT2D eigenvalue weighted by Gasteiger charge is -2.23. The lowest BCUT2D eigenvalue weighted by atomic mass is 9.89. The van der Waals surface area contributed by atoms with Gasteiger partial charge in [-0.15, -0.1) is 0 Å². The molecule has 1 saturated carbocycles. The standard InChI is InChI=1S/C7H9BrFN/c8-6-2-1-5(4-10)7(9)3-6/h5-7H,1-3H2. The molecule has 1 aliphatic rings.